The summed E-state index contributed by atoms with van der Waals surface area (Å²) in [6.07, 6.45) is 11.9. The first-order chi connectivity index (χ1) is 10.3. The van der Waals surface area contributed by atoms with E-state index >= 15 is 0 Å². The van der Waals surface area contributed by atoms with Gasteiger partial charge in [-0.2, -0.15) is 5.10 Å². The quantitative estimate of drug-likeness (QED) is 0.749. The zero-order chi connectivity index (χ0) is 14.9. The summed E-state index contributed by atoms with van der Waals surface area (Å²) >= 11 is 0. The number of amides is 1. The van der Waals surface area contributed by atoms with Crippen LogP contribution in [0.1, 0.15) is 50.5 Å². The minimum absolute atomic E-state index is 0.320. The summed E-state index contributed by atoms with van der Waals surface area (Å²) in [5, 5.41) is 6.74. The highest BCUT2D eigenvalue weighted by Crippen LogP contribution is 2.22. The van der Waals surface area contributed by atoms with E-state index < -0.39 is 0 Å². The number of carbonyl (C=O) groups is 1. The molecule has 1 aromatic heterocycles. The second kappa shape index (κ2) is 8.82. The third-order valence-corrected chi connectivity index (χ3v) is 4.24. The molecule has 1 aromatic rings. The molecular weight excluding hydrogens is 266 g/mol. The average Bonchev–Trinajstić information content (AvgIpc) is 3.01. The first kappa shape index (κ1) is 16.0. The second-order valence-electron chi connectivity index (χ2n) is 5.83. The Balaban J connectivity index is 1.74. The molecule has 0 radical (unpaired) electrons. The maximum Gasteiger partial charge on any atom is 0.222 e. The Morgan fingerprint density at radius 2 is 2.38 bits per heavy atom. The predicted octanol–water partition coefficient (Wildman–Crippen LogP) is 2.54. The number of aromatic amines is 1. The van der Waals surface area contributed by atoms with E-state index in [1.54, 1.807) is 7.11 Å². The van der Waals surface area contributed by atoms with Gasteiger partial charge < -0.3 is 9.64 Å². The number of aromatic nitrogens is 2. The summed E-state index contributed by atoms with van der Waals surface area (Å²) in [4.78, 5) is 14.6. The highest BCUT2D eigenvalue weighted by Gasteiger charge is 2.25. The van der Waals surface area contributed by atoms with Gasteiger partial charge in [0.15, 0.2) is 0 Å². The Bertz CT molecular complexity index is 406. The van der Waals surface area contributed by atoms with Crippen molar-refractivity contribution in [1.29, 1.82) is 0 Å². The number of aryl methyl sites for hydroxylation is 1. The maximum absolute atomic E-state index is 12.4. The molecule has 1 atom stereocenters. The number of hydrogen-bond donors (Lipinski definition) is 1. The van der Waals surface area contributed by atoms with Crippen molar-refractivity contribution in [1.82, 2.24) is 15.1 Å². The minimum Gasteiger partial charge on any atom is -0.385 e. The van der Waals surface area contributed by atoms with Gasteiger partial charge in [0, 0.05) is 38.9 Å². The van der Waals surface area contributed by atoms with E-state index in [9.17, 15) is 4.79 Å². The SMILES string of the molecule is COCCCC1CCCCN1C(=O)CCCc1cn[nH]c1. The number of ether oxygens (including phenoxy) is 1. The number of likely N-dealkylation sites (tertiary alicyclic amines) is 1. The van der Waals surface area contributed by atoms with Crippen molar-refractivity contribution in [2.45, 2.75) is 57.4 Å². The molecule has 5 heteroatoms. The number of rotatable bonds is 8. The van der Waals surface area contributed by atoms with Gasteiger partial charge in [0.1, 0.15) is 0 Å². The number of nitrogens with one attached hydrogen (secondary N) is 1. The molecule has 1 fully saturated rings. The van der Waals surface area contributed by atoms with Crippen LogP contribution in [0.25, 0.3) is 0 Å². The van der Waals surface area contributed by atoms with E-state index in [2.05, 4.69) is 15.1 Å². The molecule has 1 unspecified atom stereocenters. The summed E-state index contributed by atoms with van der Waals surface area (Å²) < 4.78 is 5.12. The molecule has 1 N–H and O–H groups in total. The number of carbonyl (C=O) groups excluding carboxylic acids is 1. The van der Waals surface area contributed by atoms with Gasteiger partial charge in [-0.25, -0.2) is 0 Å². The molecule has 0 aromatic carbocycles. The van der Waals surface area contributed by atoms with Crippen LogP contribution in [-0.2, 0) is 16.0 Å². The van der Waals surface area contributed by atoms with Crippen LogP contribution in [0.15, 0.2) is 12.4 Å². The van der Waals surface area contributed by atoms with E-state index in [4.69, 9.17) is 4.74 Å². The van der Waals surface area contributed by atoms with Gasteiger partial charge in [0.25, 0.3) is 0 Å². The molecule has 1 aliphatic heterocycles. The topological polar surface area (TPSA) is 58.2 Å². The molecular formula is C16H27N3O2. The number of nitrogens with zero attached hydrogens (tertiary/aromatic N) is 2. The van der Waals surface area contributed by atoms with Crippen molar-refractivity contribution in [3.8, 4) is 0 Å². The molecule has 21 heavy (non-hydrogen) atoms. The minimum atomic E-state index is 0.320. The fourth-order valence-electron chi connectivity index (χ4n) is 3.09. The first-order valence-electron chi connectivity index (χ1n) is 8.07. The maximum atomic E-state index is 12.4. The molecule has 0 saturated carbocycles. The van der Waals surface area contributed by atoms with Gasteiger partial charge in [-0.05, 0) is 50.5 Å². The van der Waals surface area contributed by atoms with Crippen molar-refractivity contribution in [3.05, 3.63) is 18.0 Å². The summed E-state index contributed by atoms with van der Waals surface area (Å²) in [7, 11) is 1.74. The lowest BCUT2D eigenvalue weighted by Gasteiger charge is -2.36. The van der Waals surface area contributed by atoms with Gasteiger partial charge in [0.05, 0.1) is 6.20 Å². The van der Waals surface area contributed by atoms with Crippen LogP contribution in [0, 0.1) is 0 Å². The van der Waals surface area contributed by atoms with Crippen molar-refractivity contribution in [3.63, 3.8) is 0 Å². The van der Waals surface area contributed by atoms with Crippen molar-refractivity contribution in [2.75, 3.05) is 20.3 Å². The van der Waals surface area contributed by atoms with E-state index in [0.717, 1.165) is 51.7 Å². The number of piperidine rings is 1. The first-order valence-corrected chi connectivity index (χ1v) is 8.07. The van der Waals surface area contributed by atoms with Crippen LogP contribution in [0.3, 0.4) is 0 Å². The molecule has 0 bridgehead atoms. The molecule has 0 spiro atoms. The third-order valence-electron chi connectivity index (χ3n) is 4.24. The number of H-pyrrole nitrogens is 1. The monoisotopic (exact) mass is 293 g/mol. The highest BCUT2D eigenvalue weighted by molar-refractivity contribution is 5.76. The lowest BCUT2D eigenvalue weighted by Crippen LogP contribution is -2.43. The van der Waals surface area contributed by atoms with Crippen LogP contribution in [0.2, 0.25) is 0 Å². The summed E-state index contributed by atoms with van der Waals surface area (Å²) in [5.41, 5.74) is 1.18. The van der Waals surface area contributed by atoms with Gasteiger partial charge in [-0.15, -0.1) is 0 Å². The Hall–Kier alpha value is -1.36. The molecule has 1 saturated heterocycles. The fourth-order valence-corrected chi connectivity index (χ4v) is 3.09. The Kier molecular flexibility index (Phi) is 6.73. The second-order valence-corrected chi connectivity index (χ2v) is 5.83. The lowest BCUT2D eigenvalue weighted by molar-refractivity contribution is -0.135. The molecule has 5 nitrogen and oxygen atoms in total. The molecule has 2 rings (SSSR count). The average molecular weight is 293 g/mol. The smallest absolute Gasteiger partial charge is 0.222 e. The third kappa shape index (κ3) is 5.16. The molecule has 118 valence electrons. The van der Waals surface area contributed by atoms with E-state index in [-0.39, 0.29) is 0 Å². The molecule has 1 amide bonds. The fraction of sp³-hybridized carbons (Fsp3) is 0.750. The lowest BCUT2D eigenvalue weighted by atomic mass is 9.97. The van der Waals surface area contributed by atoms with Crippen LogP contribution in [0.5, 0.6) is 0 Å². The van der Waals surface area contributed by atoms with Crippen molar-refractivity contribution >= 4 is 5.91 Å². The summed E-state index contributed by atoms with van der Waals surface area (Å²) in [6, 6.07) is 0.426. The number of hydrogen-bond acceptors (Lipinski definition) is 3. The molecule has 2 heterocycles. The van der Waals surface area contributed by atoms with Crippen molar-refractivity contribution < 1.29 is 9.53 Å². The van der Waals surface area contributed by atoms with Crippen LogP contribution in [-0.4, -0.2) is 47.3 Å². The predicted molar refractivity (Wildman–Crippen MR) is 82.0 cm³/mol. The largest absolute Gasteiger partial charge is 0.385 e. The Labute approximate surface area is 127 Å². The van der Waals surface area contributed by atoms with E-state index in [1.807, 2.05) is 12.4 Å². The van der Waals surface area contributed by atoms with Gasteiger partial charge >= 0.3 is 0 Å². The highest BCUT2D eigenvalue weighted by atomic mass is 16.5. The zero-order valence-corrected chi connectivity index (χ0v) is 13.0. The Morgan fingerprint density at radius 3 is 3.14 bits per heavy atom. The van der Waals surface area contributed by atoms with Crippen LogP contribution < -0.4 is 0 Å². The van der Waals surface area contributed by atoms with Gasteiger partial charge in [0.2, 0.25) is 5.91 Å². The summed E-state index contributed by atoms with van der Waals surface area (Å²) in [5.74, 6) is 0.320. The van der Waals surface area contributed by atoms with Gasteiger partial charge in [-0.3, -0.25) is 9.89 Å². The molecule has 0 aliphatic carbocycles. The molecule has 1 aliphatic rings. The Morgan fingerprint density at radius 1 is 1.48 bits per heavy atom. The van der Waals surface area contributed by atoms with E-state index in [1.165, 1.54) is 12.0 Å². The summed E-state index contributed by atoms with van der Waals surface area (Å²) in [6.45, 7) is 1.72. The number of methoxy groups -OCH3 is 1. The van der Waals surface area contributed by atoms with Crippen LogP contribution >= 0.6 is 0 Å². The van der Waals surface area contributed by atoms with E-state index in [0.29, 0.717) is 18.4 Å². The van der Waals surface area contributed by atoms with Crippen molar-refractivity contribution in [2.24, 2.45) is 0 Å². The standard InChI is InChI=1S/C16H27N3O2/c1-21-11-5-8-15-7-2-3-10-19(15)16(20)9-4-6-14-12-17-18-13-14/h12-13,15H,2-11H2,1H3,(H,17,18). The van der Waals surface area contributed by atoms with Gasteiger partial charge in [-0.1, -0.05) is 0 Å². The van der Waals surface area contributed by atoms with Crippen LogP contribution in [0.4, 0.5) is 0 Å². The zero-order valence-electron chi connectivity index (χ0n) is 13.0. The normalized spacial score (nSPS) is 18.9.